The zero-order chi connectivity index (χ0) is 19.3. The summed E-state index contributed by atoms with van der Waals surface area (Å²) < 4.78 is 0. The van der Waals surface area contributed by atoms with Crippen LogP contribution in [0.4, 0.5) is 0 Å². The molecule has 0 atom stereocenters. The van der Waals surface area contributed by atoms with Crippen LogP contribution in [0.1, 0.15) is 23.1 Å². The van der Waals surface area contributed by atoms with Crippen LogP contribution in [0.2, 0.25) is 0 Å². The Hall–Kier alpha value is -3.46. The number of imide groups is 1. The molecule has 2 amide bonds. The molecule has 1 aliphatic rings. The lowest BCUT2D eigenvalue weighted by Crippen LogP contribution is -2.32. The monoisotopic (exact) mass is 367 g/mol. The molecule has 0 fully saturated rings. The number of carbonyl (C=O) groups is 2. The maximum absolute atomic E-state index is 13.2. The van der Waals surface area contributed by atoms with Crippen molar-refractivity contribution < 1.29 is 9.59 Å². The molecule has 3 aromatic carbocycles. The number of amides is 2. The molecular formula is C25H21NO2. The minimum absolute atomic E-state index is 0.205. The predicted octanol–water partition coefficient (Wildman–Crippen LogP) is 4.60. The minimum atomic E-state index is -0.205. The van der Waals surface area contributed by atoms with Gasteiger partial charge in [-0.15, -0.1) is 0 Å². The first kappa shape index (κ1) is 17.9. The first-order valence-electron chi connectivity index (χ1n) is 9.51. The number of rotatable bonds is 6. The fourth-order valence-corrected chi connectivity index (χ4v) is 3.61. The van der Waals surface area contributed by atoms with Gasteiger partial charge in [0, 0.05) is 6.54 Å². The predicted molar refractivity (Wildman–Crippen MR) is 111 cm³/mol. The fraction of sp³-hybridized carbons (Fsp3) is 0.120. The topological polar surface area (TPSA) is 37.4 Å². The second-order valence-electron chi connectivity index (χ2n) is 6.83. The first-order valence-corrected chi connectivity index (χ1v) is 9.51. The summed E-state index contributed by atoms with van der Waals surface area (Å²) in [6.45, 7) is 0.416. The van der Waals surface area contributed by atoms with E-state index < -0.39 is 0 Å². The molecule has 0 aliphatic carbocycles. The summed E-state index contributed by atoms with van der Waals surface area (Å²) in [6, 6.07) is 29.0. The van der Waals surface area contributed by atoms with Crippen LogP contribution in [0, 0.1) is 0 Å². The first-order chi connectivity index (χ1) is 13.8. The Bertz CT molecular complexity index is 947. The van der Waals surface area contributed by atoms with Crippen molar-refractivity contribution in [3.63, 3.8) is 0 Å². The van der Waals surface area contributed by atoms with E-state index >= 15 is 0 Å². The number of carbonyl (C=O) groups excluding carboxylic acids is 2. The van der Waals surface area contributed by atoms with Gasteiger partial charge in [0.2, 0.25) is 0 Å². The van der Waals surface area contributed by atoms with Crippen LogP contribution < -0.4 is 0 Å². The molecule has 1 heterocycles. The van der Waals surface area contributed by atoms with E-state index in [0.717, 1.165) is 24.0 Å². The van der Waals surface area contributed by atoms with Gasteiger partial charge >= 0.3 is 0 Å². The van der Waals surface area contributed by atoms with Crippen molar-refractivity contribution in [3.05, 3.63) is 108 Å². The van der Waals surface area contributed by atoms with Crippen molar-refractivity contribution in [3.8, 4) is 0 Å². The van der Waals surface area contributed by atoms with Crippen LogP contribution in [-0.2, 0) is 16.0 Å². The van der Waals surface area contributed by atoms with Crippen molar-refractivity contribution in [2.75, 3.05) is 6.54 Å². The zero-order valence-electron chi connectivity index (χ0n) is 15.5. The quantitative estimate of drug-likeness (QED) is 0.597. The van der Waals surface area contributed by atoms with E-state index in [2.05, 4.69) is 12.1 Å². The minimum Gasteiger partial charge on any atom is -0.274 e. The van der Waals surface area contributed by atoms with Crippen LogP contribution in [0.15, 0.2) is 91.0 Å². The van der Waals surface area contributed by atoms with E-state index in [1.807, 2.05) is 78.9 Å². The Labute approximate surface area is 164 Å². The van der Waals surface area contributed by atoms with Crippen molar-refractivity contribution in [2.24, 2.45) is 0 Å². The number of aryl methyl sites for hydroxylation is 1. The highest BCUT2D eigenvalue weighted by Gasteiger charge is 2.38. The highest BCUT2D eigenvalue weighted by Crippen LogP contribution is 2.35. The lowest BCUT2D eigenvalue weighted by Gasteiger charge is -2.15. The van der Waals surface area contributed by atoms with Crippen molar-refractivity contribution in [2.45, 2.75) is 12.8 Å². The van der Waals surface area contributed by atoms with Gasteiger partial charge in [0.25, 0.3) is 11.8 Å². The number of hydrogen-bond acceptors (Lipinski definition) is 2. The Morgan fingerprint density at radius 3 is 1.46 bits per heavy atom. The van der Waals surface area contributed by atoms with Crippen LogP contribution >= 0.6 is 0 Å². The summed E-state index contributed by atoms with van der Waals surface area (Å²) in [5.41, 5.74) is 3.77. The lowest BCUT2D eigenvalue weighted by molar-refractivity contribution is -0.136. The molecule has 0 aromatic heterocycles. The van der Waals surface area contributed by atoms with Crippen LogP contribution in [-0.4, -0.2) is 23.3 Å². The van der Waals surface area contributed by atoms with Gasteiger partial charge in [-0.2, -0.15) is 0 Å². The normalized spacial score (nSPS) is 14.1. The molecule has 0 saturated heterocycles. The van der Waals surface area contributed by atoms with Gasteiger partial charge in [0.1, 0.15) is 0 Å². The van der Waals surface area contributed by atoms with E-state index in [1.54, 1.807) is 0 Å². The highest BCUT2D eigenvalue weighted by atomic mass is 16.2. The summed E-state index contributed by atoms with van der Waals surface area (Å²) in [6.07, 6.45) is 1.57. The van der Waals surface area contributed by atoms with Crippen molar-refractivity contribution in [1.29, 1.82) is 0 Å². The van der Waals surface area contributed by atoms with Gasteiger partial charge in [-0.1, -0.05) is 91.0 Å². The molecule has 0 bridgehead atoms. The molecule has 0 spiro atoms. The summed E-state index contributed by atoms with van der Waals surface area (Å²) in [5, 5.41) is 0. The van der Waals surface area contributed by atoms with E-state index in [-0.39, 0.29) is 11.8 Å². The van der Waals surface area contributed by atoms with E-state index in [4.69, 9.17) is 0 Å². The van der Waals surface area contributed by atoms with Gasteiger partial charge in [0.15, 0.2) is 0 Å². The van der Waals surface area contributed by atoms with Gasteiger partial charge < -0.3 is 0 Å². The molecule has 4 rings (SSSR count). The summed E-state index contributed by atoms with van der Waals surface area (Å²) >= 11 is 0. The molecule has 0 saturated carbocycles. The smallest absolute Gasteiger partial charge is 0.262 e. The number of hydrogen-bond donors (Lipinski definition) is 0. The molecule has 0 N–H and O–H groups in total. The third-order valence-corrected chi connectivity index (χ3v) is 4.98. The van der Waals surface area contributed by atoms with Gasteiger partial charge in [-0.25, -0.2) is 0 Å². The second kappa shape index (κ2) is 8.05. The van der Waals surface area contributed by atoms with Crippen LogP contribution in [0.5, 0.6) is 0 Å². The number of benzene rings is 3. The SMILES string of the molecule is O=C1C(c2ccccc2)=C(c2ccccc2)C(=O)N1CCCc1ccccc1. The summed E-state index contributed by atoms with van der Waals surface area (Å²) in [5.74, 6) is -0.411. The molecule has 3 nitrogen and oxygen atoms in total. The van der Waals surface area contributed by atoms with E-state index in [0.29, 0.717) is 17.7 Å². The maximum Gasteiger partial charge on any atom is 0.262 e. The molecular weight excluding hydrogens is 346 g/mol. The van der Waals surface area contributed by atoms with Gasteiger partial charge in [-0.05, 0) is 29.5 Å². The Balaban J connectivity index is 1.62. The zero-order valence-corrected chi connectivity index (χ0v) is 15.5. The lowest BCUT2D eigenvalue weighted by atomic mass is 9.96. The maximum atomic E-state index is 13.2. The average molecular weight is 367 g/mol. The third kappa shape index (κ3) is 3.52. The van der Waals surface area contributed by atoms with Gasteiger partial charge in [-0.3, -0.25) is 14.5 Å². The summed E-state index contributed by atoms with van der Waals surface area (Å²) in [7, 11) is 0. The van der Waals surface area contributed by atoms with Crippen molar-refractivity contribution >= 4 is 23.0 Å². The molecule has 0 radical (unpaired) electrons. The molecule has 0 unspecified atom stereocenters. The average Bonchev–Trinajstić information content (AvgIpc) is 3.00. The fourth-order valence-electron chi connectivity index (χ4n) is 3.61. The highest BCUT2D eigenvalue weighted by molar-refractivity contribution is 6.48. The molecule has 138 valence electrons. The van der Waals surface area contributed by atoms with Crippen molar-refractivity contribution in [1.82, 2.24) is 4.90 Å². The Morgan fingerprint density at radius 2 is 1.00 bits per heavy atom. The molecule has 28 heavy (non-hydrogen) atoms. The van der Waals surface area contributed by atoms with E-state index in [9.17, 15) is 9.59 Å². The van der Waals surface area contributed by atoms with Gasteiger partial charge in [0.05, 0.1) is 11.1 Å². The standard InChI is InChI=1S/C25H21NO2/c27-24-22(20-14-6-2-7-15-20)23(21-16-8-3-9-17-21)25(28)26(24)18-10-13-19-11-4-1-5-12-19/h1-9,11-12,14-17H,10,13,18H2. The molecule has 1 aliphatic heterocycles. The Kier molecular flexibility index (Phi) is 5.16. The second-order valence-corrected chi connectivity index (χ2v) is 6.83. The van der Waals surface area contributed by atoms with Crippen LogP contribution in [0.3, 0.4) is 0 Å². The largest absolute Gasteiger partial charge is 0.274 e. The Morgan fingerprint density at radius 1 is 0.571 bits per heavy atom. The van der Waals surface area contributed by atoms with Crippen LogP contribution in [0.25, 0.3) is 11.1 Å². The van der Waals surface area contributed by atoms with E-state index in [1.165, 1.54) is 10.5 Å². The number of nitrogens with zero attached hydrogens (tertiary/aromatic N) is 1. The molecule has 3 heteroatoms. The third-order valence-electron chi connectivity index (χ3n) is 4.98. The molecule has 3 aromatic rings. The summed E-state index contributed by atoms with van der Waals surface area (Å²) in [4.78, 5) is 27.8.